The topological polar surface area (TPSA) is 55.5 Å². The number of methoxy groups -OCH3 is 1. The fourth-order valence-corrected chi connectivity index (χ4v) is 2.32. The Morgan fingerprint density at radius 3 is 2.52 bits per heavy atom. The molecule has 3 aromatic rings. The van der Waals surface area contributed by atoms with Crippen molar-refractivity contribution in [2.24, 2.45) is 0 Å². The van der Waals surface area contributed by atoms with Crippen LogP contribution in [0.1, 0.15) is 5.56 Å². The molecule has 0 saturated carbocycles. The molecule has 0 spiro atoms. The number of halogens is 2. The van der Waals surface area contributed by atoms with Crippen molar-refractivity contribution in [2.75, 3.05) is 7.11 Å². The molecule has 118 valence electrons. The number of hydrogen-bond donors (Lipinski definition) is 1. The minimum Gasteiger partial charge on any atom is -0.497 e. The third-order valence-electron chi connectivity index (χ3n) is 3.48. The predicted octanol–water partition coefficient (Wildman–Crippen LogP) is 3.79. The van der Waals surface area contributed by atoms with E-state index in [1.165, 1.54) is 0 Å². The van der Waals surface area contributed by atoms with E-state index in [2.05, 4.69) is 5.16 Å². The maximum absolute atomic E-state index is 13.9. The summed E-state index contributed by atoms with van der Waals surface area (Å²) >= 11 is 0. The van der Waals surface area contributed by atoms with Crippen LogP contribution < -0.4 is 4.74 Å². The molecule has 0 aliphatic carbocycles. The molecule has 0 bridgehead atoms. The standard InChI is InChI=1S/C17H13F2NO3/c1-22-12-5-2-10(3-6-12)17-14(9-21)16(20-23-17)13-8-11(18)4-7-15(13)19/h2-8,21H,9H2,1H3. The van der Waals surface area contributed by atoms with Crippen molar-refractivity contribution in [3.8, 4) is 28.3 Å². The molecule has 0 amide bonds. The van der Waals surface area contributed by atoms with Gasteiger partial charge in [0, 0.05) is 11.1 Å². The molecule has 0 atom stereocenters. The second-order valence-corrected chi connectivity index (χ2v) is 4.85. The zero-order valence-electron chi connectivity index (χ0n) is 12.2. The second-order valence-electron chi connectivity index (χ2n) is 4.85. The largest absolute Gasteiger partial charge is 0.497 e. The van der Waals surface area contributed by atoms with Crippen LogP contribution >= 0.6 is 0 Å². The monoisotopic (exact) mass is 317 g/mol. The number of rotatable bonds is 4. The summed E-state index contributed by atoms with van der Waals surface area (Å²) in [5, 5.41) is 13.4. The Balaban J connectivity index is 2.11. The third kappa shape index (κ3) is 2.80. The highest BCUT2D eigenvalue weighted by Crippen LogP contribution is 2.34. The number of benzene rings is 2. The lowest BCUT2D eigenvalue weighted by Crippen LogP contribution is -1.93. The van der Waals surface area contributed by atoms with Gasteiger partial charge in [-0.25, -0.2) is 8.78 Å². The lowest BCUT2D eigenvalue weighted by molar-refractivity contribution is 0.281. The molecule has 0 fully saturated rings. The molecule has 0 unspecified atom stereocenters. The summed E-state index contributed by atoms with van der Waals surface area (Å²) in [4.78, 5) is 0. The van der Waals surface area contributed by atoms with Gasteiger partial charge >= 0.3 is 0 Å². The number of nitrogens with zero attached hydrogens (tertiary/aromatic N) is 1. The van der Waals surface area contributed by atoms with Crippen LogP contribution in [0.3, 0.4) is 0 Å². The van der Waals surface area contributed by atoms with Crippen LogP contribution in [0.25, 0.3) is 22.6 Å². The lowest BCUT2D eigenvalue weighted by atomic mass is 10.0. The van der Waals surface area contributed by atoms with Crippen LogP contribution in [0.2, 0.25) is 0 Å². The van der Waals surface area contributed by atoms with E-state index in [0.717, 1.165) is 18.2 Å². The van der Waals surface area contributed by atoms with Crippen molar-refractivity contribution in [1.82, 2.24) is 5.16 Å². The first kappa shape index (κ1) is 15.2. The van der Waals surface area contributed by atoms with Crippen molar-refractivity contribution in [2.45, 2.75) is 6.61 Å². The maximum Gasteiger partial charge on any atom is 0.173 e. The molecule has 1 N–H and O–H groups in total. The van der Waals surface area contributed by atoms with E-state index in [0.29, 0.717) is 22.6 Å². The van der Waals surface area contributed by atoms with Crippen molar-refractivity contribution >= 4 is 0 Å². The van der Waals surface area contributed by atoms with E-state index in [-0.39, 0.29) is 11.3 Å². The van der Waals surface area contributed by atoms with E-state index in [4.69, 9.17) is 9.26 Å². The third-order valence-corrected chi connectivity index (χ3v) is 3.48. The van der Waals surface area contributed by atoms with Gasteiger partial charge in [0.2, 0.25) is 0 Å². The molecule has 3 rings (SSSR count). The molecular weight excluding hydrogens is 304 g/mol. The first-order valence-electron chi connectivity index (χ1n) is 6.83. The smallest absolute Gasteiger partial charge is 0.173 e. The van der Waals surface area contributed by atoms with Gasteiger partial charge in [-0.1, -0.05) is 5.16 Å². The molecule has 2 aromatic carbocycles. The van der Waals surface area contributed by atoms with Gasteiger partial charge in [-0.15, -0.1) is 0 Å². The number of aliphatic hydroxyl groups is 1. The van der Waals surface area contributed by atoms with Gasteiger partial charge in [-0.05, 0) is 42.5 Å². The molecule has 0 saturated heterocycles. The lowest BCUT2D eigenvalue weighted by Gasteiger charge is -2.04. The Kier molecular flexibility index (Phi) is 4.08. The SMILES string of the molecule is COc1ccc(-c2onc(-c3cc(F)ccc3F)c2CO)cc1. The second kappa shape index (κ2) is 6.18. The highest BCUT2D eigenvalue weighted by atomic mass is 19.1. The molecule has 0 aliphatic rings. The summed E-state index contributed by atoms with van der Waals surface area (Å²) < 4.78 is 37.6. The summed E-state index contributed by atoms with van der Waals surface area (Å²) in [5.74, 6) is -0.279. The van der Waals surface area contributed by atoms with E-state index >= 15 is 0 Å². The van der Waals surface area contributed by atoms with Crippen LogP contribution in [0, 0.1) is 11.6 Å². The summed E-state index contributed by atoms with van der Waals surface area (Å²) in [6.45, 7) is -0.420. The highest BCUT2D eigenvalue weighted by molar-refractivity contribution is 5.73. The van der Waals surface area contributed by atoms with Gasteiger partial charge in [-0.2, -0.15) is 0 Å². The first-order valence-corrected chi connectivity index (χ1v) is 6.83. The van der Waals surface area contributed by atoms with Gasteiger partial charge in [0.05, 0.1) is 19.3 Å². The van der Waals surface area contributed by atoms with Crippen LogP contribution in [0.15, 0.2) is 47.0 Å². The Bertz CT molecular complexity index is 828. The quantitative estimate of drug-likeness (QED) is 0.795. The highest BCUT2D eigenvalue weighted by Gasteiger charge is 2.21. The summed E-state index contributed by atoms with van der Waals surface area (Å²) in [7, 11) is 1.55. The Hall–Kier alpha value is -2.73. The van der Waals surface area contributed by atoms with Crippen molar-refractivity contribution in [3.05, 3.63) is 59.7 Å². The van der Waals surface area contributed by atoms with E-state index in [1.807, 2.05) is 0 Å². The molecule has 0 aliphatic heterocycles. The summed E-state index contributed by atoms with van der Waals surface area (Å²) in [6, 6.07) is 9.94. The summed E-state index contributed by atoms with van der Waals surface area (Å²) in [5.41, 5.74) is 0.956. The van der Waals surface area contributed by atoms with Gasteiger partial charge < -0.3 is 14.4 Å². The summed E-state index contributed by atoms with van der Waals surface area (Å²) in [6.07, 6.45) is 0. The first-order chi connectivity index (χ1) is 11.1. The zero-order chi connectivity index (χ0) is 16.4. The predicted molar refractivity (Wildman–Crippen MR) is 79.8 cm³/mol. The van der Waals surface area contributed by atoms with E-state index in [1.54, 1.807) is 31.4 Å². The average molecular weight is 317 g/mol. The number of ether oxygens (including phenoxy) is 1. The fourth-order valence-electron chi connectivity index (χ4n) is 2.32. The van der Waals surface area contributed by atoms with Crippen LogP contribution in [-0.4, -0.2) is 17.4 Å². The number of aliphatic hydroxyl groups excluding tert-OH is 1. The van der Waals surface area contributed by atoms with Crippen LogP contribution in [0.4, 0.5) is 8.78 Å². The molecule has 1 aromatic heterocycles. The van der Waals surface area contributed by atoms with Crippen molar-refractivity contribution in [3.63, 3.8) is 0 Å². The van der Waals surface area contributed by atoms with Crippen molar-refractivity contribution < 1.29 is 23.1 Å². The molecule has 23 heavy (non-hydrogen) atoms. The van der Waals surface area contributed by atoms with E-state index in [9.17, 15) is 13.9 Å². The zero-order valence-corrected chi connectivity index (χ0v) is 12.2. The molecule has 6 heteroatoms. The molecule has 0 radical (unpaired) electrons. The maximum atomic E-state index is 13.9. The number of hydrogen-bond acceptors (Lipinski definition) is 4. The van der Waals surface area contributed by atoms with Gasteiger partial charge in [0.1, 0.15) is 23.1 Å². The molecule has 1 heterocycles. The minimum atomic E-state index is -0.643. The van der Waals surface area contributed by atoms with Gasteiger partial charge in [0.25, 0.3) is 0 Å². The van der Waals surface area contributed by atoms with Gasteiger partial charge in [-0.3, -0.25) is 0 Å². The normalized spacial score (nSPS) is 10.8. The van der Waals surface area contributed by atoms with Gasteiger partial charge in [0.15, 0.2) is 5.76 Å². The molecular formula is C17H13F2NO3. The van der Waals surface area contributed by atoms with Crippen LogP contribution in [-0.2, 0) is 6.61 Å². The minimum absolute atomic E-state index is 0.0578. The van der Waals surface area contributed by atoms with E-state index < -0.39 is 18.2 Å². The Labute approximate surface area is 130 Å². The Morgan fingerprint density at radius 2 is 1.87 bits per heavy atom. The fraction of sp³-hybridized carbons (Fsp3) is 0.118. The van der Waals surface area contributed by atoms with Crippen molar-refractivity contribution in [1.29, 1.82) is 0 Å². The molecule has 4 nitrogen and oxygen atoms in total. The number of aromatic nitrogens is 1. The Morgan fingerprint density at radius 1 is 1.13 bits per heavy atom. The van der Waals surface area contributed by atoms with Crippen LogP contribution in [0.5, 0.6) is 5.75 Å². The average Bonchev–Trinajstić information content (AvgIpc) is 3.00.